The summed E-state index contributed by atoms with van der Waals surface area (Å²) in [6.45, 7) is 0.820. The Morgan fingerprint density at radius 3 is 2.83 bits per heavy atom. The summed E-state index contributed by atoms with van der Waals surface area (Å²) >= 11 is 0. The molecule has 2 aliphatic rings. The predicted octanol–water partition coefficient (Wildman–Crippen LogP) is 3.86. The quantitative estimate of drug-likeness (QED) is 0.864. The highest BCUT2D eigenvalue weighted by Gasteiger charge is 2.29. The van der Waals surface area contributed by atoms with Crippen LogP contribution in [0, 0.1) is 5.92 Å². The Kier molecular flexibility index (Phi) is 3.83. The van der Waals surface area contributed by atoms with E-state index in [4.69, 9.17) is 9.72 Å². The summed E-state index contributed by atoms with van der Waals surface area (Å²) in [4.78, 5) is 17.6. The van der Waals surface area contributed by atoms with Gasteiger partial charge < -0.3 is 4.74 Å². The molecule has 1 atom stereocenters. The second-order valence-electron chi connectivity index (χ2n) is 7.04. The number of benzene rings is 1. The first-order valence-corrected chi connectivity index (χ1v) is 8.85. The largest absolute Gasteiger partial charge is 0.497 e. The van der Waals surface area contributed by atoms with Crippen LogP contribution >= 0.6 is 0 Å². The van der Waals surface area contributed by atoms with Crippen LogP contribution in [0.4, 0.5) is 0 Å². The molecule has 2 heterocycles. The number of fused-ring (bicyclic) bond motifs is 2. The first-order valence-electron chi connectivity index (χ1n) is 8.85. The Hall–Kier alpha value is -1.84. The van der Waals surface area contributed by atoms with Gasteiger partial charge in [-0.25, -0.2) is 4.98 Å². The molecule has 0 spiro atoms. The molecule has 0 radical (unpaired) electrons. The topological polar surface area (TPSA) is 44.1 Å². The summed E-state index contributed by atoms with van der Waals surface area (Å²) in [7, 11) is 1.65. The third kappa shape index (κ3) is 2.64. The molecule has 122 valence electrons. The van der Waals surface area contributed by atoms with E-state index in [1.165, 1.54) is 38.5 Å². The van der Waals surface area contributed by atoms with Crippen LogP contribution in [0.2, 0.25) is 0 Å². The van der Waals surface area contributed by atoms with Gasteiger partial charge in [0, 0.05) is 18.5 Å². The van der Waals surface area contributed by atoms with Crippen LogP contribution in [0.25, 0.3) is 10.9 Å². The molecule has 0 bridgehead atoms. The van der Waals surface area contributed by atoms with Crippen molar-refractivity contribution in [3.05, 3.63) is 34.4 Å². The number of nitrogens with zero attached hydrogens (tertiary/aromatic N) is 2. The van der Waals surface area contributed by atoms with Gasteiger partial charge in [0.25, 0.3) is 5.56 Å². The van der Waals surface area contributed by atoms with Gasteiger partial charge in [-0.3, -0.25) is 9.36 Å². The fraction of sp³-hybridized carbons (Fsp3) is 0.579. The fourth-order valence-corrected chi connectivity index (χ4v) is 4.34. The lowest BCUT2D eigenvalue weighted by atomic mass is 9.82. The minimum absolute atomic E-state index is 0.110. The van der Waals surface area contributed by atoms with E-state index in [2.05, 4.69) is 0 Å². The molecule has 23 heavy (non-hydrogen) atoms. The monoisotopic (exact) mass is 312 g/mol. The summed E-state index contributed by atoms with van der Waals surface area (Å²) in [6.07, 6.45) is 9.08. The van der Waals surface area contributed by atoms with Gasteiger partial charge in [-0.1, -0.05) is 32.1 Å². The van der Waals surface area contributed by atoms with Gasteiger partial charge in [0.05, 0.1) is 18.0 Å². The molecule has 4 nitrogen and oxygen atoms in total. The zero-order chi connectivity index (χ0) is 15.8. The summed E-state index contributed by atoms with van der Waals surface area (Å²) in [5.74, 6) is 3.03. The second-order valence-corrected chi connectivity index (χ2v) is 7.04. The van der Waals surface area contributed by atoms with Gasteiger partial charge in [0.1, 0.15) is 11.6 Å². The van der Waals surface area contributed by atoms with E-state index in [0.717, 1.165) is 36.0 Å². The molecule has 1 aromatic heterocycles. The van der Waals surface area contributed by atoms with Gasteiger partial charge in [0.15, 0.2) is 0 Å². The van der Waals surface area contributed by atoms with E-state index in [9.17, 15) is 4.79 Å². The summed E-state index contributed by atoms with van der Waals surface area (Å²) in [6, 6.07) is 5.56. The molecule has 1 aromatic carbocycles. The van der Waals surface area contributed by atoms with Crippen molar-refractivity contribution in [1.29, 1.82) is 0 Å². The Bertz CT molecular complexity index is 775. The van der Waals surface area contributed by atoms with Crippen LogP contribution in [-0.2, 0) is 6.54 Å². The maximum Gasteiger partial charge on any atom is 0.261 e. The molecule has 1 saturated carbocycles. The number of hydrogen-bond acceptors (Lipinski definition) is 3. The van der Waals surface area contributed by atoms with Gasteiger partial charge in [0.2, 0.25) is 0 Å². The maximum atomic E-state index is 12.7. The molecule has 1 unspecified atom stereocenters. The molecule has 1 aliphatic carbocycles. The third-order valence-electron chi connectivity index (χ3n) is 5.60. The zero-order valence-electron chi connectivity index (χ0n) is 13.8. The highest BCUT2D eigenvalue weighted by atomic mass is 16.5. The third-order valence-corrected chi connectivity index (χ3v) is 5.60. The van der Waals surface area contributed by atoms with Crippen LogP contribution in [0.15, 0.2) is 23.0 Å². The van der Waals surface area contributed by atoms with Gasteiger partial charge in [-0.15, -0.1) is 0 Å². The zero-order valence-corrected chi connectivity index (χ0v) is 13.8. The Morgan fingerprint density at radius 1 is 1.22 bits per heavy atom. The lowest BCUT2D eigenvalue weighted by molar-refractivity contribution is 0.315. The minimum atomic E-state index is 0.110. The number of hydrogen-bond donors (Lipinski definition) is 0. The summed E-state index contributed by atoms with van der Waals surface area (Å²) < 4.78 is 7.19. The minimum Gasteiger partial charge on any atom is -0.497 e. The first kappa shape index (κ1) is 14.7. The Balaban J connectivity index is 1.70. The van der Waals surface area contributed by atoms with Crippen LogP contribution in [0.5, 0.6) is 5.75 Å². The molecule has 0 saturated heterocycles. The lowest BCUT2D eigenvalue weighted by Crippen LogP contribution is -2.21. The fourth-order valence-electron chi connectivity index (χ4n) is 4.34. The van der Waals surface area contributed by atoms with E-state index in [-0.39, 0.29) is 5.56 Å². The molecule has 1 aliphatic heterocycles. The average Bonchev–Trinajstić information content (AvgIpc) is 2.98. The average molecular weight is 312 g/mol. The first-order chi connectivity index (χ1) is 11.3. The number of aromatic nitrogens is 2. The summed E-state index contributed by atoms with van der Waals surface area (Å²) in [5, 5.41) is 0.702. The Morgan fingerprint density at radius 2 is 2.04 bits per heavy atom. The van der Waals surface area contributed by atoms with Crippen LogP contribution < -0.4 is 10.3 Å². The normalized spacial score (nSPS) is 21.5. The van der Waals surface area contributed by atoms with Crippen molar-refractivity contribution in [3.8, 4) is 5.75 Å². The Labute approximate surface area is 136 Å². The number of ether oxygens (including phenoxy) is 1. The van der Waals surface area contributed by atoms with Crippen molar-refractivity contribution in [2.75, 3.05) is 7.11 Å². The SMILES string of the molecule is COc1ccc2c(=O)n3c(nc2c1)C(CC1CCCCC1)CC3. The van der Waals surface area contributed by atoms with Gasteiger partial charge in [-0.2, -0.15) is 0 Å². The van der Waals surface area contributed by atoms with Crippen LogP contribution in [0.1, 0.15) is 56.7 Å². The molecule has 4 heteroatoms. The lowest BCUT2D eigenvalue weighted by Gasteiger charge is -2.24. The van der Waals surface area contributed by atoms with E-state index < -0.39 is 0 Å². The van der Waals surface area contributed by atoms with Gasteiger partial charge in [-0.05, 0) is 30.9 Å². The van der Waals surface area contributed by atoms with Crippen molar-refractivity contribution < 1.29 is 4.74 Å². The molecule has 0 amide bonds. The van der Waals surface area contributed by atoms with E-state index in [0.29, 0.717) is 11.3 Å². The highest BCUT2D eigenvalue weighted by molar-refractivity contribution is 5.79. The van der Waals surface area contributed by atoms with E-state index >= 15 is 0 Å². The molecular formula is C19H24N2O2. The predicted molar refractivity (Wildman–Crippen MR) is 91.1 cm³/mol. The smallest absolute Gasteiger partial charge is 0.261 e. The van der Waals surface area contributed by atoms with Crippen molar-refractivity contribution >= 4 is 10.9 Å². The van der Waals surface area contributed by atoms with Crippen molar-refractivity contribution in [2.45, 2.75) is 57.4 Å². The number of rotatable bonds is 3. The maximum absolute atomic E-state index is 12.7. The van der Waals surface area contributed by atoms with E-state index in [1.807, 2.05) is 22.8 Å². The standard InChI is InChI=1S/C19H24N2O2/c1-23-15-7-8-16-17(12-15)20-18-14(9-10-21(18)19(16)22)11-13-5-3-2-4-6-13/h7-8,12-14H,2-6,9-11H2,1H3. The van der Waals surface area contributed by atoms with Crippen LogP contribution in [0.3, 0.4) is 0 Å². The van der Waals surface area contributed by atoms with Crippen molar-refractivity contribution in [3.63, 3.8) is 0 Å². The van der Waals surface area contributed by atoms with Crippen LogP contribution in [-0.4, -0.2) is 16.7 Å². The molecule has 4 rings (SSSR count). The summed E-state index contributed by atoms with van der Waals surface area (Å²) in [5.41, 5.74) is 0.884. The van der Waals surface area contributed by atoms with Gasteiger partial charge >= 0.3 is 0 Å². The van der Waals surface area contributed by atoms with Crippen molar-refractivity contribution in [1.82, 2.24) is 9.55 Å². The molecule has 0 N–H and O–H groups in total. The molecule has 2 aromatic rings. The number of methoxy groups -OCH3 is 1. The molecule has 1 fully saturated rings. The molecular weight excluding hydrogens is 288 g/mol. The highest BCUT2D eigenvalue weighted by Crippen LogP contribution is 2.37. The van der Waals surface area contributed by atoms with E-state index in [1.54, 1.807) is 7.11 Å². The van der Waals surface area contributed by atoms with Crippen molar-refractivity contribution in [2.24, 2.45) is 5.92 Å². The second kappa shape index (κ2) is 5.99.